The van der Waals surface area contributed by atoms with E-state index in [9.17, 15) is 9.59 Å². The van der Waals surface area contributed by atoms with E-state index in [0.717, 1.165) is 43.9 Å². The molecule has 0 radical (unpaired) electrons. The number of carbonyl (C=O) groups is 2. The summed E-state index contributed by atoms with van der Waals surface area (Å²) in [6, 6.07) is 5.57. The van der Waals surface area contributed by atoms with Crippen LogP contribution in [0.15, 0.2) is 35.2 Å². The molecule has 3 rings (SSSR count). The maximum atomic E-state index is 12.5. The van der Waals surface area contributed by atoms with Crippen LogP contribution in [0.5, 0.6) is 0 Å². The Morgan fingerprint density at radius 1 is 1.15 bits per heavy atom. The van der Waals surface area contributed by atoms with Crippen LogP contribution in [0, 0.1) is 0 Å². The summed E-state index contributed by atoms with van der Waals surface area (Å²) in [6.45, 7) is 5.71. The van der Waals surface area contributed by atoms with Gasteiger partial charge in [-0.3, -0.25) is 9.59 Å². The fourth-order valence-electron chi connectivity index (χ4n) is 2.97. The van der Waals surface area contributed by atoms with Crippen LogP contribution in [0.3, 0.4) is 0 Å². The molecule has 1 aliphatic rings. The standard InChI is InChI=1S/C19H24N4O2S/c1-2-7-20-18(24)15-4-5-17(21-13-15)22-8-3-9-23(11-10-22)19(25)16-6-12-26-14-16/h4-6,12-14H,2-3,7-11H2,1H3,(H,20,24). The van der Waals surface area contributed by atoms with Gasteiger partial charge in [-0.15, -0.1) is 0 Å². The normalized spacial score (nSPS) is 14.8. The molecule has 0 saturated carbocycles. The number of thiophene rings is 1. The molecular weight excluding hydrogens is 348 g/mol. The highest BCUT2D eigenvalue weighted by Gasteiger charge is 2.21. The SMILES string of the molecule is CCCNC(=O)c1ccc(N2CCCN(C(=O)c3ccsc3)CC2)nc1. The third-order valence-electron chi connectivity index (χ3n) is 4.42. The van der Waals surface area contributed by atoms with Gasteiger partial charge >= 0.3 is 0 Å². The fraction of sp³-hybridized carbons (Fsp3) is 0.421. The van der Waals surface area contributed by atoms with Crippen LogP contribution in [-0.2, 0) is 0 Å². The zero-order chi connectivity index (χ0) is 18.4. The van der Waals surface area contributed by atoms with Gasteiger partial charge in [0.25, 0.3) is 11.8 Å². The van der Waals surface area contributed by atoms with Gasteiger partial charge < -0.3 is 15.1 Å². The number of nitrogens with one attached hydrogen (secondary N) is 1. The van der Waals surface area contributed by atoms with Crippen LogP contribution in [0.1, 0.15) is 40.5 Å². The molecule has 1 fully saturated rings. The maximum absolute atomic E-state index is 12.5. The molecule has 1 N–H and O–H groups in total. The highest BCUT2D eigenvalue weighted by molar-refractivity contribution is 7.08. The van der Waals surface area contributed by atoms with E-state index in [4.69, 9.17) is 0 Å². The number of pyridine rings is 1. The summed E-state index contributed by atoms with van der Waals surface area (Å²) < 4.78 is 0. The average Bonchev–Trinajstić information content (AvgIpc) is 3.10. The van der Waals surface area contributed by atoms with Gasteiger partial charge in [-0.05, 0) is 36.4 Å². The Hall–Kier alpha value is -2.41. The molecule has 0 spiro atoms. The largest absolute Gasteiger partial charge is 0.355 e. The first kappa shape index (κ1) is 18.4. The van der Waals surface area contributed by atoms with Crippen molar-refractivity contribution in [3.05, 3.63) is 46.3 Å². The zero-order valence-electron chi connectivity index (χ0n) is 15.0. The molecule has 26 heavy (non-hydrogen) atoms. The molecule has 2 aromatic heterocycles. The minimum atomic E-state index is -0.0886. The summed E-state index contributed by atoms with van der Waals surface area (Å²) in [6.07, 6.45) is 3.43. The molecule has 1 saturated heterocycles. The topological polar surface area (TPSA) is 65.5 Å². The summed E-state index contributed by atoms with van der Waals surface area (Å²) in [7, 11) is 0. The smallest absolute Gasteiger partial charge is 0.254 e. The van der Waals surface area contributed by atoms with Gasteiger partial charge in [0, 0.05) is 44.3 Å². The van der Waals surface area contributed by atoms with Crippen molar-refractivity contribution in [2.75, 3.05) is 37.6 Å². The van der Waals surface area contributed by atoms with E-state index in [1.807, 2.05) is 40.8 Å². The van der Waals surface area contributed by atoms with Gasteiger partial charge in [0.2, 0.25) is 0 Å². The van der Waals surface area contributed by atoms with E-state index in [1.165, 1.54) is 0 Å². The monoisotopic (exact) mass is 372 g/mol. The summed E-state index contributed by atoms with van der Waals surface area (Å²) in [4.78, 5) is 33.0. The summed E-state index contributed by atoms with van der Waals surface area (Å²) in [5.41, 5.74) is 1.34. The van der Waals surface area contributed by atoms with Crippen LogP contribution in [0.25, 0.3) is 0 Å². The van der Waals surface area contributed by atoms with E-state index >= 15 is 0 Å². The third kappa shape index (κ3) is 4.40. The molecule has 2 aromatic rings. The lowest BCUT2D eigenvalue weighted by Crippen LogP contribution is -2.35. The zero-order valence-corrected chi connectivity index (χ0v) is 15.8. The average molecular weight is 372 g/mol. The Kier molecular flexibility index (Phi) is 6.22. The molecule has 1 aliphatic heterocycles. The molecule has 0 aromatic carbocycles. The fourth-order valence-corrected chi connectivity index (χ4v) is 3.60. The van der Waals surface area contributed by atoms with Crippen molar-refractivity contribution in [2.45, 2.75) is 19.8 Å². The molecule has 7 heteroatoms. The molecule has 0 unspecified atom stereocenters. The van der Waals surface area contributed by atoms with Gasteiger partial charge in [-0.2, -0.15) is 11.3 Å². The quantitative estimate of drug-likeness (QED) is 0.876. The van der Waals surface area contributed by atoms with Gasteiger partial charge in [-0.1, -0.05) is 6.92 Å². The van der Waals surface area contributed by atoms with Crippen molar-refractivity contribution in [1.82, 2.24) is 15.2 Å². The van der Waals surface area contributed by atoms with Crippen molar-refractivity contribution in [3.8, 4) is 0 Å². The first-order chi connectivity index (χ1) is 12.7. The summed E-state index contributed by atoms with van der Waals surface area (Å²) in [5.74, 6) is 0.861. The first-order valence-electron chi connectivity index (χ1n) is 8.99. The molecule has 138 valence electrons. The molecular formula is C19H24N4O2S. The second-order valence-electron chi connectivity index (χ2n) is 6.31. The summed E-state index contributed by atoms with van der Waals surface area (Å²) >= 11 is 1.54. The lowest BCUT2D eigenvalue weighted by atomic mass is 10.2. The van der Waals surface area contributed by atoms with Gasteiger partial charge in [0.05, 0.1) is 11.1 Å². The predicted octanol–water partition coefficient (Wildman–Crippen LogP) is 2.64. The Morgan fingerprint density at radius 3 is 2.73 bits per heavy atom. The van der Waals surface area contributed by atoms with Crippen molar-refractivity contribution in [2.24, 2.45) is 0 Å². The number of nitrogens with zero attached hydrogens (tertiary/aromatic N) is 3. The Bertz CT molecular complexity index is 731. The van der Waals surface area contributed by atoms with Gasteiger partial charge in [0.15, 0.2) is 0 Å². The van der Waals surface area contributed by atoms with Gasteiger partial charge in [0.1, 0.15) is 5.82 Å². The van der Waals surface area contributed by atoms with E-state index in [-0.39, 0.29) is 11.8 Å². The highest BCUT2D eigenvalue weighted by Crippen LogP contribution is 2.16. The van der Waals surface area contributed by atoms with E-state index in [1.54, 1.807) is 17.5 Å². The van der Waals surface area contributed by atoms with E-state index in [2.05, 4.69) is 15.2 Å². The molecule has 6 nitrogen and oxygen atoms in total. The Balaban J connectivity index is 1.60. The van der Waals surface area contributed by atoms with E-state index in [0.29, 0.717) is 18.7 Å². The number of carbonyl (C=O) groups excluding carboxylic acids is 2. The second kappa shape index (κ2) is 8.80. The molecule has 0 atom stereocenters. The lowest BCUT2D eigenvalue weighted by molar-refractivity contribution is 0.0767. The van der Waals surface area contributed by atoms with Crippen LogP contribution >= 0.6 is 11.3 Å². The van der Waals surface area contributed by atoms with Crippen molar-refractivity contribution in [1.29, 1.82) is 0 Å². The Morgan fingerprint density at radius 2 is 2.04 bits per heavy atom. The number of hydrogen-bond acceptors (Lipinski definition) is 5. The van der Waals surface area contributed by atoms with Crippen LogP contribution < -0.4 is 10.2 Å². The van der Waals surface area contributed by atoms with Crippen molar-refractivity contribution >= 4 is 29.0 Å². The van der Waals surface area contributed by atoms with Crippen molar-refractivity contribution < 1.29 is 9.59 Å². The summed E-state index contributed by atoms with van der Waals surface area (Å²) in [5, 5.41) is 6.68. The van der Waals surface area contributed by atoms with Crippen molar-refractivity contribution in [3.63, 3.8) is 0 Å². The van der Waals surface area contributed by atoms with E-state index < -0.39 is 0 Å². The minimum absolute atomic E-state index is 0.0886. The maximum Gasteiger partial charge on any atom is 0.254 e. The number of hydrogen-bond donors (Lipinski definition) is 1. The highest BCUT2D eigenvalue weighted by atomic mass is 32.1. The molecule has 0 aliphatic carbocycles. The second-order valence-corrected chi connectivity index (χ2v) is 7.09. The first-order valence-corrected chi connectivity index (χ1v) is 9.94. The molecule has 2 amide bonds. The minimum Gasteiger partial charge on any atom is -0.355 e. The number of aromatic nitrogens is 1. The lowest BCUT2D eigenvalue weighted by Gasteiger charge is -2.22. The number of amides is 2. The third-order valence-corrected chi connectivity index (χ3v) is 5.10. The number of anilines is 1. The number of rotatable bonds is 5. The van der Waals surface area contributed by atoms with Crippen LogP contribution in [0.4, 0.5) is 5.82 Å². The van der Waals surface area contributed by atoms with Crippen LogP contribution in [0.2, 0.25) is 0 Å². The van der Waals surface area contributed by atoms with Gasteiger partial charge in [-0.25, -0.2) is 4.98 Å². The molecule has 3 heterocycles. The Labute approximate surface area is 157 Å². The van der Waals surface area contributed by atoms with Crippen LogP contribution in [-0.4, -0.2) is 54.4 Å². The molecule has 0 bridgehead atoms. The predicted molar refractivity (Wildman–Crippen MR) is 104 cm³/mol.